The first-order chi connectivity index (χ1) is 22.6. The summed E-state index contributed by atoms with van der Waals surface area (Å²) in [6, 6.07) is 15.5. The highest BCUT2D eigenvalue weighted by Crippen LogP contribution is 2.26. The minimum atomic E-state index is -0.140. The summed E-state index contributed by atoms with van der Waals surface area (Å²) in [7, 11) is 0. The van der Waals surface area contributed by atoms with E-state index >= 15 is 0 Å². The summed E-state index contributed by atoms with van der Waals surface area (Å²) in [5, 5.41) is 0. The molecular formula is C40H60N2O4. The Kier molecular flexibility index (Phi) is 16.1. The standard InChI is InChI=1S/C40H60N2O4/c1-3-5-29-45-37-21-17-33(18-22-37)39(43)35(31-41-25-11-7-8-12-26-41)15-16-36(32-42-27-13-9-10-14-28-42)40(44)34-19-23-38(24-20-34)46-30-6-4-2/h17-24,35-36H,3-16,25-32H2,1-2H3/t35-,36-/m1/s1. The topological polar surface area (TPSA) is 59.1 Å². The van der Waals surface area contributed by atoms with Crippen LogP contribution in [0.25, 0.3) is 0 Å². The van der Waals surface area contributed by atoms with Gasteiger partial charge in [0.1, 0.15) is 11.5 Å². The molecule has 2 saturated heterocycles. The maximum atomic E-state index is 14.1. The molecular weight excluding hydrogens is 572 g/mol. The maximum Gasteiger partial charge on any atom is 0.167 e. The monoisotopic (exact) mass is 632 g/mol. The van der Waals surface area contributed by atoms with Crippen LogP contribution in [-0.2, 0) is 0 Å². The van der Waals surface area contributed by atoms with Crippen molar-refractivity contribution in [3.8, 4) is 11.5 Å². The van der Waals surface area contributed by atoms with Gasteiger partial charge in [-0.3, -0.25) is 9.59 Å². The maximum absolute atomic E-state index is 14.1. The Balaban J connectivity index is 1.50. The quantitative estimate of drug-likeness (QED) is 0.114. The highest BCUT2D eigenvalue weighted by atomic mass is 16.5. The molecule has 4 rings (SSSR count). The van der Waals surface area contributed by atoms with Crippen molar-refractivity contribution in [2.75, 3.05) is 52.5 Å². The largest absolute Gasteiger partial charge is 0.494 e. The number of rotatable bonds is 19. The van der Waals surface area contributed by atoms with Gasteiger partial charge in [-0.2, -0.15) is 0 Å². The Morgan fingerprint density at radius 1 is 0.565 bits per heavy atom. The Labute approximate surface area is 279 Å². The Bertz CT molecular complexity index is 1040. The molecule has 0 spiro atoms. The summed E-state index contributed by atoms with van der Waals surface area (Å²) in [6.07, 6.45) is 15.5. The van der Waals surface area contributed by atoms with Crippen LogP contribution in [0, 0.1) is 11.8 Å². The second-order valence-corrected chi connectivity index (χ2v) is 13.6. The van der Waals surface area contributed by atoms with Gasteiger partial charge in [0, 0.05) is 36.1 Å². The second-order valence-electron chi connectivity index (χ2n) is 13.6. The van der Waals surface area contributed by atoms with Crippen molar-refractivity contribution in [2.45, 2.75) is 104 Å². The van der Waals surface area contributed by atoms with Gasteiger partial charge in [-0.25, -0.2) is 0 Å². The molecule has 2 atom stereocenters. The Morgan fingerprint density at radius 2 is 0.913 bits per heavy atom. The molecule has 0 N–H and O–H groups in total. The van der Waals surface area contributed by atoms with Crippen LogP contribution in [0.2, 0.25) is 0 Å². The molecule has 0 aliphatic carbocycles. The number of unbranched alkanes of at least 4 members (excludes halogenated alkanes) is 2. The molecule has 0 radical (unpaired) electrons. The van der Waals surface area contributed by atoms with Gasteiger partial charge in [-0.05, 0) is 126 Å². The number of benzene rings is 2. The Hall–Kier alpha value is -2.70. The molecule has 254 valence electrons. The van der Waals surface area contributed by atoms with E-state index in [2.05, 4.69) is 23.6 Å². The highest BCUT2D eigenvalue weighted by molar-refractivity contribution is 5.99. The van der Waals surface area contributed by atoms with E-state index in [1.165, 1.54) is 51.4 Å². The van der Waals surface area contributed by atoms with E-state index in [1.807, 2.05) is 48.5 Å². The van der Waals surface area contributed by atoms with E-state index in [0.29, 0.717) is 26.1 Å². The van der Waals surface area contributed by atoms with E-state index in [0.717, 1.165) is 87.6 Å². The number of likely N-dealkylation sites (tertiary alicyclic amines) is 2. The third kappa shape index (κ3) is 12.2. The third-order valence-electron chi connectivity index (χ3n) is 9.77. The van der Waals surface area contributed by atoms with Crippen LogP contribution in [0.3, 0.4) is 0 Å². The van der Waals surface area contributed by atoms with Crippen molar-refractivity contribution in [1.82, 2.24) is 9.80 Å². The normalized spacial score (nSPS) is 17.9. The van der Waals surface area contributed by atoms with Gasteiger partial charge in [-0.15, -0.1) is 0 Å². The van der Waals surface area contributed by atoms with Crippen molar-refractivity contribution >= 4 is 11.6 Å². The van der Waals surface area contributed by atoms with E-state index in [4.69, 9.17) is 9.47 Å². The average molecular weight is 633 g/mol. The molecule has 2 aliphatic rings. The van der Waals surface area contributed by atoms with Crippen molar-refractivity contribution < 1.29 is 19.1 Å². The van der Waals surface area contributed by atoms with Crippen molar-refractivity contribution in [1.29, 1.82) is 0 Å². The van der Waals surface area contributed by atoms with Gasteiger partial charge >= 0.3 is 0 Å². The number of hydrogen-bond acceptors (Lipinski definition) is 6. The SMILES string of the molecule is CCCCOc1ccc(C(=O)[C@H](CC[C@H](CN2CCCCCC2)C(=O)c2ccc(OCCCC)cc2)CN2CCCCCC2)cc1. The second kappa shape index (κ2) is 20.5. The van der Waals surface area contributed by atoms with E-state index < -0.39 is 0 Å². The van der Waals surface area contributed by atoms with Crippen LogP contribution < -0.4 is 9.47 Å². The van der Waals surface area contributed by atoms with Crippen molar-refractivity contribution in [2.24, 2.45) is 11.8 Å². The number of carbonyl (C=O) groups is 2. The van der Waals surface area contributed by atoms with Crippen LogP contribution in [-0.4, -0.2) is 73.8 Å². The predicted octanol–water partition coefficient (Wildman–Crippen LogP) is 8.87. The van der Waals surface area contributed by atoms with Gasteiger partial charge in [0.25, 0.3) is 0 Å². The molecule has 2 heterocycles. The summed E-state index contributed by atoms with van der Waals surface area (Å²) in [4.78, 5) is 33.3. The zero-order chi connectivity index (χ0) is 32.4. The zero-order valence-electron chi connectivity index (χ0n) is 28.9. The van der Waals surface area contributed by atoms with Gasteiger partial charge < -0.3 is 19.3 Å². The number of ether oxygens (including phenoxy) is 2. The molecule has 0 aromatic heterocycles. The van der Waals surface area contributed by atoms with Gasteiger partial charge in [-0.1, -0.05) is 52.4 Å². The molecule has 6 heteroatoms. The minimum Gasteiger partial charge on any atom is -0.494 e. The summed E-state index contributed by atoms with van der Waals surface area (Å²) in [6.45, 7) is 11.4. The van der Waals surface area contributed by atoms with Gasteiger partial charge in [0.15, 0.2) is 11.6 Å². The molecule has 2 aromatic rings. The molecule has 2 fully saturated rings. The van der Waals surface area contributed by atoms with Gasteiger partial charge in [0.05, 0.1) is 13.2 Å². The first-order valence-electron chi connectivity index (χ1n) is 18.6. The summed E-state index contributed by atoms with van der Waals surface area (Å²) >= 11 is 0. The number of hydrogen-bond donors (Lipinski definition) is 0. The van der Waals surface area contributed by atoms with E-state index in [-0.39, 0.29) is 23.4 Å². The lowest BCUT2D eigenvalue weighted by Crippen LogP contribution is -2.37. The first-order valence-corrected chi connectivity index (χ1v) is 18.6. The average Bonchev–Trinajstić information content (AvgIpc) is 3.51. The van der Waals surface area contributed by atoms with Gasteiger partial charge in [0.2, 0.25) is 0 Å². The molecule has 0 amide bonds. The van der Waals surface area contributed by atoms with E-state index in [9.17, 15) is 9.59 Å². The van der Waals surface area contributed by atoms with E-state index in [1.54, 1.807) is 0 Å². The van der Waals surface area contributed by atoms with Crippen LogP contribution in [0.1, 0.15) is 124 Å². The Morgan fingerprint density at radius 3 is 1.24 bits per heavy atom. The molecule has 0 saturated carbocycles. The van der Waals surface area contributed by atoms with Crippen LogP contribution in [0.5, 0.6) is 11.5 Å². The summed E-state index contributed by atoms with van der Waals surface area (Å²) in [5.74, 6) is 1.74. The smallest absolute Gasteiger partial charge is 0.167 e. The summed E-state index contributed by atoms with van der Waals surface area (Å²) in [5.41, 5.74) is 1.49. The van der Waals surface area contributed by atoms with Crippen LogP contribution >= 0.6 is 0 Å². The number of nitrogens with zero attached hydrogens (tertiary/aromatic N) is 2. The lowest BCUT2D eigenvalue weighted by molar-refractivity contribution is 0.0810. The highest BCUT2D eigenvalue weighted by Gasteiger charge is 2.29. The molecule has 6 nitrogen and oxygen atoms in total. The molecule has 0 bridgehead atoms. The fraction of sp³-hybridized carbons (Fsp3) is 0.650. The minimum absolute atomic E-state index is 0.140. The molecule has 0 unspecified atom stereocenters. The number of carbonyl (C=O) groups excluding carboxylic acids is 2. The molecule has 46 heavy (non-hydrogen) atoms. The first kappa shape index (κ1) is 36.1. The fourth-order valence-corrected chi connectivity index (χ4v) is 6.84. The molecule has 2 aliphatic heterocycles. The predicted molar refractivity (Wildman–Crippen MR) is 188 cm³/mol. The lowest BCUT2D eigenvalue weighted by Gasteiger charge is -2.29. The molecule has 2 aromatic carbocycles. The summed E-state index contributed by atoms with van der Waals surface area (Å²) < 4.78 is 11.7. The lowest BCUT2D eigenvalue weighted by atomic mass is 9.86. The van der Waals surface area contributed by atoms with Crippen LogP contribution in [0.15, 0.2) is 48.5 Å². The fourth-order valence-electron chi connectivity index (χ4n) is 6.84. The number of Topliss-reactive ketones (excluding diaryl/α,β-unsaturated/α-hetero) is 2. The van der Waals surface area contributed by atoms with Crippen LogP contribution in [0.4, 0.5) is 0 Å². The van der Waals surface area contributed by atoms with Crippen molar-refractivity contribution in [3.05, 3.63) is 59.7 Å². The van der Waals surface area contributed by atoms with Crippen molar-refractivity contribution in [3.63, 3.8) is 0 Å². The zero-order valence-corrected chi connectivity index (χ0v) is 28.9. The number of ketones is 2. The third-order valence-corrected chi connectivity index (χ3v) is 9.77.